The van der Waals surface area contributed by atoms with Gasteiger partial charge in [-0.1, -0.05) is 6.07 Å². The Kier molecular flexibility index (Phi) is 7.29. The first-order valence-corrected chi connectivity index (χ1v) is 9.67. The molecule has 1 fully saturated rings. The van der Waals surface area contributed by atoms with Gasteiger partial charge in [0.15, 0.2) is 5.78 Å². The van der Waals surface area contributed by atoms with Crippen molar-refractivity contribution < 1.29 is 23.9 Å². The lowest BCUT2D eigenvalue weighted by atomic mass is 10.1. The van der Waals surface area contributed by atoms with Crippen LogP contribution in [-0.2, 0) is 19.1 Å². The van der Waals surface area contributed by atoms with Gasteiger partial charge >= 0.3 is 11.9 Å². The van der Waals surface area contributed by atoms with Gasteiger partial charge in [-0.3, -0.25) is 9.59 Å². The number of rotatable bonds is 6. The van der Waals surface area contributed by atoms with E-state index < -0.39 is 11.9 Å². The summed E-state index contributed by atoms with van der Waals surface area (Å²) in [4.78, 5) is 42.1. The van der Waals surface area contributed by atoms with Crippen LogP contribution < -0.4 is 10.2 Å². The van der Waals surface area contributed by atoms with Crippen LogP contribution in [0.3, 0.4) is 0 Å². The zero-order valence-electron chi connectivity index (χ0n) is 16.7. The number of nitrogens with zero attached hydrogens (tertiary/aromatic N) is 2. The van der Waals surface area contributed by atoms with Crippen LogP contribution >= 0.6 is 0 Å². The van der Waals surface area contributed by atoms with Crippen molar-refractivity contribution in [2.45, 2.75) is 6.92 Å². The van der Waals surface area contributed by atoms with E-state index in [1.165, 1.54) is 6.08 Å². The highest BCUT2D eigenvalue weighted by atomic mass is 16.5. The Morgan fingerprint density at radius 1 is 1.13 bits per heavy atom. The van der Waals surface area contributed by atoms with E-state index in [-0.39, 0.29) is 12.4 Å². The molecule has 0 aliphatic carbocycles. The van der Waals surface area contributed by atoms with Gasteiger partial charge < -0.3 is 19.7 Å². The minimum atomic E-state index is -0.951. The number of amides is 1. The van der Waals surface area contributed by atoms with Gasteiger partial charge in [-0.15, -0.1) is 0 Å². The Hall–Kier alpha value is -3.52. The predicted octanol–water partition coefficient (Wildman–Crippen LogP) is 2.32. The largest absolute Gasteiger partial charge is 0.459 e. The molecule has 0 unspecified atom stereocenters. The summed E-state index contributed by atoms with van der Waals surface area (Å²) < 4.78 is 9.99. The lowest BCUT2D eigenvalue weighted by Gasteiger charge is -2.27. The van der Waals surface area contributed by atoms with Gasteiger partial charge in [-0.25, -0.2) is 9.78 Å². The molecule has 0 atom stereocenters. The Balaban J connectivity index is 1.61. The zero-order valence-corrected chi connectivity index (χ0v) is 16.7. The van der Waals surface area contributed by atoms with Crippen molar-refractivity contribution in [3.8, 4) is 0 Å². The minimum Gasteiger partial charge on any atom is -0.459 e. The summed E-state index contributed by atoms with van der Waals surface area (Å²) in [5.74, 6) is -1.15. The molecular weight excluding hydrogens is 386 g/mol. The van der Waals surface area contributed by atoms with Crippen LogP contribution in [0.4, 0.5) is 11.5 Å². The zero-order chi connectivity index (χ0) is 21.3. The lowest BCUT2D eigenvalue weighted by Crippen LogP contribution is -2.36. The van der Waals surface area contributed by atoms with E-state index in [0.29, 0.717) is 30.2 Å². The second-order valence-electron chi connectivity index (χ2n) is 6.47. The molecule has 1 aliphatic rings. The number of carbonyl (C=O) groups is 3. The van der Waals surface area contributed by atoms with Crippen molar-refractivity contribution in [3.63, 3.8) is 0 Å². The van der Waals surface area contributed by atoms with Crippen LogP contribution in [0.5, 0.6) is 0 Å². The lowest BCUT2D eigenvalue weighted by molar-refractivity contribution is -0.152. The maximum Gasteiger partial charge on any atom is 0.397 e. The number of hydrogen-bond donors (Lipinski definition) is 1. The predicted molar refractivity (Wildman–Crippen MR) is 112 cm³/mol. The normalized spacial score (nSPS) is 13.8. The summed E-state index contributed by atoms with van der Waals surface area (Å²) >= 11 is 0. The third kappa shape index (κ3) is 5.74. The Morgan fingerprint density at radius 2 is 1.87 bits per heavy atom. The minimum absolute atomic E-state index is 0.121. The maximum atomic E-state index is 12.4. The van der Waals surface area contributed by atoms with Crippen molar-refractivity contribution >= 4 is 35.2 Å². The molecule has 0 saturated carbocycles. The third-order valence-electron chi connectivity index (χ3n) is 4.38. The van der Waals surface area contributed by atoms with Gasteiger partial charge in [-0.05, 0) is 55.5 Å². The standard InChI is InChI=1S/C22H23N3O5/c1-2-30-22(28)21(27)24-18-8-6-16(7-9-18)19(26)11-10-17-4-3-5-20(23-17)25-12-14-29-15-13-25/h3-11H,2,12-15H2,1H3,(H,24,27)/b11-10+. The van der Waals surface area contributed by atoms with Crippen molar-refractivity contribution in [2.75, 3.05) is 43.1 Å². The van der Waals surface area contributed by atoms with E-state index in [1.807, 2.05) is 18.2 Å². The van der Waals surface area contributed by atoms with E-state index in [9.17, 15) is 14.4 Å². The van der Waals surface area contributed by atoms with Gasteiger partial charge in [0.2, 0.25) is 0 Å². The molecule has 2 heterocycles. The molecule has 2 aromatic rings. The number of benzene rings is 1. The molecular formula is C22H23N3O5. The van der Waals surface area contributed by atoms with Gasteiger partial charge in [0.25, 0.3) is 0 Å². The van der Waals surface area contributed by atoms with Crippen molar-refractivity contribution in [3.05, 3.63) is 59.8 Å². The molecule has 1 aromatic carbocycles. The van der Waals surface area contributed by atoms with Crippen LogP contribution in [0.25, 0.3) is 6.08 Å². The number of pyridine rings is 1. The SMILES string of the molecule is CCOC(=O)C(=O)Nc1ccc(C(=O)/C=C/c2cccc(N3CCOCC3)n2)cc1. The molecule has 8 nitrogen and oxygen atoms in total. The average Bonchev–Trinajstić information content (AvgIpc) is 2.79. The molecule has 1 saturated heterocycles. The van der Waals surface area contributed by atoms with E-state index in [0.717, 1.165) is 18.9 Å². The summed E-state index contributed by atoms with van der Waals surface area (Å²) in [7, 11) is 0. The van der Waals surface area contributed by atoms with Gasteiger partial charge in [0, 0.05) is 24.3 Å². The van der Waals surface area contributed by atoms with E-state index in [1.54, 1.807) is 37.3 Å². The number of aromatic nitrogens is 1. The Bertz CT molecular complexity index is 934. The van der Waals surface area contributed by atoms with Crippen molar-refractivity contribution in [2.24, 2.45) is 0 Å². The van der Waals surface area contributed by atoms with Gasteiger partial charge in [0.05, 0.1) is 25.5 Å². The van der Waals surface area contributed by atoms with E-state index in [2.05, 4.69) is 19.9 Å². The molecule has 156 valence electrons. The van der Waals surface area contributed by atoms with E-state index >= 15 is 0 Å². The highest BCUT2D eigenvalue weighted by Gasteiger charge is 2.15. The van der Waals surface area contributed by atoms with Crippen LogP contribution in [0.15, 0.2) is 48.5 Å². The first-order chi connectivity index (χ1) is 14.6. The molecule has 1 amide bonds. The monoisotopic (exact) mass is 409 g/mol. The molecule has 1 aliphatic heterocycles. The highest BCUT2D eigenvalue weighted by Crippen LogP contribution is 2.15. The summed E-state index contributed by atoms with van der Waals surface area (Å²) in [6.07, 6.45) is 3.13. The number of anilines is 2. The number of allylic oxidation sites excluding steroid dienone is 1. The quantitative estimate of drug-likeness (QED) is 0.338. The van der Waals surface area contributed by atoms with E-state index in [4.69, 9.17) is 4.74 Å². The molecule has 0 spiro atoms. The maximum absolute atomic E-state index is 12.4. The fourth-order valence-corrected chi connectivity index (χ4v) is 2.85. The van der Waals surface area contributed by atoms with Crippen LogP contribution in [0.2, 0.25) is 0 Å². The second-order valence-corrected chi connectivity index (χ2v) is 6.47. The Labute approximate surface area is 174 Å². The smallest absolute Gasteiger partial charge is 0.397 e. The summed E-state index contributed by atoms with van der Waals surface area (Å²) in [5, 5.41) is 2.42. The number of ether oxygens (including phenoxy) is 2. The number of esters is 1. The number of carbonyl (C=O) groups excluding carboxylic acids is 3. The molecule has 30 heavy (non-hydrogen) atoms. The van der Waals surface area contributed by atoms with Gasteiger partial charge in [0.1, 0.15) is 5.82 Å². The molecule has 1 aromatic heterocycles. The van der Waals surface area contributed by atoms with Crippen molar-refractivity contribution in [1.82, 2.24) is 4.98 Å². The fraction of sp³-hybridized carbons (Fsp3) is 0.273. The summed E-state index contributed by atoms with van der Waals surface area (Å²) in [6, 6.07) is 11.9. The van der Waals surface area contributed by atoms with Crippen LogP contribution in [0.1, 0.15) is 23.0 Å². The highest BCUT2D eigenvalue weighted by molar-refractivity contribution is 6.37. The van der Waals surface area contributed by atoms with Crippen molar-refractivity contribution in [1.29, 1.82) is 0 Å². The van der Waals surface area contributed by atoms with Crippen LogP contribution in [-0.4, -0.2) is 55.6 Å². The summed E-state index contributed by atoms with van der Waals surface area (Å²) in [6.45, 7) is 4.67. The summed E-state index contributed by atoms with van der Waals surface area (Å²) in [5.41, 5.74) is 1.53. The van der Waals surface area contributed by atoms with Gasteiger partial charge in [-0.2, -0.15) is 0 Å². The number of morpholine rings is 1. The third-order valence-corrected chi connectivity index (χ3v) is 4.38. The molecule has 8 heteroatoms. The average molecular weight is 409 g/mol. The second kappa shape index (κ2) is 10.3. The first-order valence-electron chi connectivity index (χ1n) is 9.67. The van der Waals surface area contributed by atoms with Crippen LogP contribution in [0, 0.1) is 0 Å². The fourth-order valence-electron chi connectivity index (χ4n) is 2.85. The number of hydrogen-bond acceptors (Lipinski definition) is 7. The molecule has 3 rings (SSSR count). The number of nitrogens with one attached hydrogen (secondary N) is 1. The molecule has 0 radical (unpaired) electrons. The topological polar surface area (TPSA) is 97.8 Å². The first kappa shape index (κ1) is 21.2. The Morgan fingerprint density at radius 3 is 2.57 bits per heavy atom. The molecule has 1 N–H and O–H groups in total. The molecule has 0 bridgehead atoms. The number of ketones is 1.